The predicted octanol–water partition coefficient (Wildman–Crippen LogP) is 5.36. The molecule has 2 amide bonds. The maximum Gasteiger partial charge on any atom is 0.258 e. The first kappa shape index (κ1) is 17.5. The van der Waals surface area contributed by atoms with Crippen molar-refractivity contribution in [3.63, 3.8) is 0 Å². The Balaban J connectivity index is 1.29. The average molecular weight is 389 g/mol. The van der Waals surface area contributed by atoms with Gasteiger partial charge in [0.2, 0.25) is 5.91 Å². The molecule has 2 aromatic rings. The van der Waals surface area contributed by atoms with Gasteiger partial charge in [0.05, 0.1) is 5.69 Å². The highest BCUT2D eigenvalue weighted by molar-refractivity contribution is 6.27. The third-order valence-electron chi connectivity index (χ3n) is 8.08. The lowest BCUT2D eigenvalue weighted by molar-refractivity contribution is -0.124. The van der Waals surface area contributed by atoms with Crippen LogP contribution in [0.15, 0.2) is 30.3 Å². The van der Waals surface area contributed by atoms with E-state index in [2.05, 4.69) is 5.32 Å². The molecule has 0 aromatic heterocycles. The molecule has 1 heterocycles. The minimum atomic E-state index is 0.0603. The minimum absolute atomic E-state index is 0.0603. The summed E-state index contributed by atoms with van der Waals surface area (Å²) < 4.78 is 0. The number of hydrogen-bond donors (Lipinski definition) is 1. The molecule has 5 aliphatic rings. The highest BCUT2D eigenvalue weighted by Crippen LogP contribution is 2.61. The molecule has 4 nitrogen and oxygen atoms in total. The fraction of sp³-hybridized carbons (Fsp3) is 0.520. The Bertz CT molecular complexity index is 1010. The standard InChI is InChI=1S/C25H28N2O2/c1-2-27-21-7-6-20(18-4-3-5-19(23(18)21)24(27)29)26-22(28)14-25-11-15-8-16(12-25)10-17(9-15)13-25/h3-7,15-17H,2,8-14H2,1H3,(H,26,28). The van der Waals surface area contributed by atoms with Crippen LogP contribution in [0.5, 0.6) is 0 Å². The molecule has 4 saturated carbocycles. The van der Waals surface area contributed by atoms with Crippen molar-refractivity contribution in [1.82, 2.24) is 0 Å². The van der Waals surface area contributed by atoms with Gasteiger partial charge in [-0.25, -0.2) is 0 Å². The van der Waals surface area contributed by atoms with Crippen molar-refractivity contribution in [3.05, 3.63) is 35.9 Å². The molecule has 0 spiro atoms. The molecule has 4 fully saturated rings. The van der Waals surface area contributed by atoms with E-state index in [1.165, 1.54) is 38.5 Å². The van der Waals surface area contributed by atoms with E-state index in [0.717, 1.165) is 45.5 Å². The van der Waals surface area contributed by atoms with Gasteiger partial charge in [-0.05, 0) is 86.8 Å². The summed E-state index contributed by atoms with van der Waals surface area (Å²) in [4.78, 5) is 27.6. The number of carbonyl (C=O) groups is 2. The van der Waals surface area contributed by atoms with Gasteiger partial charge in [0.15, 0.2) is 0 Å². The summed E-state index contributed by atoms with van der Waals surface area (Å²) in [5.74, 6) is 2.78. The van der Waals surface area contributed by atoms with Gasteiger partial charge in [0, 0.05) is 35.0 Å². The minimum Gasteiger partial charge on any atom is -0.325 e. The number of carbonyl (C=O) groups excluding carboxylic acids is 2. The first-order valence-electron chi connectivity index (χ1n) is 11.2. The normalized spacial score (nSPS) is 31.7. The second kappa shape index (κ2) is 6.07. The number of nitrogens with zero attached hydrogens (tertiary/aromatic N) is 1. The Morgan fingerprint density at radius 1 is 1.07 bits per heavy atom. The van der Waals surface area contributed by atoms with Crippen molar-refractivity contribution >= 4 is 34.0 Å². The van der Waals surface area contributed by atoms with Gasteiger partial charge < -0.3 is 10.2 Å². The number of hydrogen-bond acceptors (Lipinski definition) is 2. The van der Waals surface area contributed by atoms with Crippen LogP contribution in [0.2, 0.25) is 0 Å². The second-order valence-corrected chi connectivity index (χ2v) is 10.1. The van der Waals surface area contributed by atoms with Crippen LogP contribution >= 0.6 is 0 Å². The highest BCUT2D eigenvalue weighted by Gasteiger charge is 2.51. The van der Waals surface area contributed by atoms with Crippen LogP contribution in [0.4, 0.5) is 11.4 Å². The molecule has 4 aliphatic carbocycles. The number of anilines is 2. The fourth-order valence-corrected chi connectivity index (χ4v) is 7.51. The van der Waals surface area contributed by atoms with Crippen LogP contribution in [0.1, 0.15) is 62.2 Å². The van der Waals surface area contributed by atoms with Crippen molar-refractivity contribution in [2.45, 2.75) is 51.9 Å². The SMILES string of the molecule is CCN1C(=O)c2cccc3c(NC(=O)CC45CC6CC(CC(C6)C4)C5)ccc1c23. The Labute approximate surface area is 171 Å². The average Bonchev–Trinajstić information content (AvgIpc) is 2.95. The Morgan fingerprint density at radius 2 is 1.76 bits per heavy atom. The van der Waals surface area contributed by atoms with Gasteiger partial charge in [-0.3, -0.25) is 9.59 Å². The molecular weight excluding hydrogens is 360 g/mol. The van der Waals surface area contributed by atoms with E-state index < -0.39 is 0 Å². The molecule has 0 radical (unpaired) electrons. The van der Waals surface area contributed by atoms with E-state index in [0.29, 0.717) is 13.0 Å². The maximum absolute atomic E-state index is 13.1. The van der Waals surface area contributed by atoms with Crippen LogP contribution in [-0.2, 0) is 4.79 Å². The van der Waals surface area contributed by atoms with Gasteiger partial charge in [0.1, 0.15) is 0 Å². The predicted molar refractivity (Wildman–Crippen MR) is 115 cm³/mol. The topological polar surface area (TPSA) is 49.4 Å². The van der Waals surface area contributed by atoms with Gasteiger partial charge in [-0.1, -0.05) is 12.1 Å². The number of nitrogens with one attached hydrogen (secondary N) is 1. The third-order valence-corrected chi connectivity index (χ3v) is 8.08. The third kappa shape index (κ3) is 2.57. The lowest BCUT2D eigenvalue weighted by Crippen LogP contribution is -2.47. The van der Waals surface area contributed by atoms with Crippen LogP contribution in [0.3, 0.4) is 0 Å². The Kier molecular flexibility index (Phi) is 3.66. The molecule has 0 atom stereocenters. The zero-order chi connectivity index (χ0) is 19.8. The molecule has 2 aromatic carbocycles. The molecule has 4 heteroatoms. The van der Waals surface area contributed by atoms with Crippen LogP contribution in [0.25, 0.3) is 10.8 Å². The summed E-state index contributed by atoms with van der Waals surface area (Å²) in [5.41, 5.74) is 2.78. The van der Waals surface area contributed by atoms with Crippen molar-refractivity contribution in [3.8, 4) is 0 Å². The summed E-state index contributed by atoms with van der Waals surface area (Å²) in [7, 11) is 0. The quantitative estimate of drug-likeness (QED) is 0.766. The molecule has 4 bridgehead atoms. The molecular formula is C25H28N2O2. The molecule has 0 unspecified atom stereocenters. The largest absolute Gasteiger partial charge is 0.325 e. The van der Waals surface area contributed by atoms with Gasteiger partial charge in [-0.2, -0.15) is 0 Å². The number of rotatable bonds is 4. The smallest absolute Gasteiger partial charge is 0.258 e. The fourth-order valence-electron chi connectivity index (χ4n) is 7.51. The van der Waals surface area contributed by atoms with Gasteiger partial charge in [-0.15, -0.1) is 0 Å². The monoisotopic (exact) mass is 388 g/mol. The molecule has 29 heavy (non-hydrogen) atoms. The number of amides is 2. The van der Waals surface area contributed by atoms with Crippen molar-refractivity contribution in [2.24, 2.45) is 23.2 Å². The maximum atomic E-state index is 13.1. The summed E-state index contributed by atoms with van der Waals surface area (Å²) in [6.07, 6.45) is 8.59. The Hall–Kier alpha value is -2.36. The molecule has 1 N–H and O–H groups in total. The highest BCUT2D eigenvalue weighted by atomic mass is 16.2. The van der Waals surface area contributed by atoms with Crippen LogP contribution in [-0.4, -0.2) is 18.4 Å². The van der Waals surface area contributed by atoms with E-state index in [-0.39, 0.29) is 17.2 Å². The first-order chi connectivity index (χ1) is 14.0. The van der Waals surface area contributed by atoms with Gasteiger partial charge >= 0.3 is 0 Å². The lowest BCUT2D eigenvalue weighted by Gasteiger charge is -2.56. The second-order valence-electron chi connectivity index (χ2n) is 10.1. The summed E-state index contributed by atoms with van der Waals surface area (Å²) in [6, 6.07) is 9.80. The van der Waals surface area contributed by atoms with E-state index in [1.807, 2.05) is 42.2 Å². The van der Waals surface area contributed by atoms with Crippen LogP contribution < -0.4 is 10.2 Å². The van der Waals surface area contributed by atoms with E-state index in [4.69, 9.17) is 0 Å². The first-order valence-corrected chi connectivity index (χ1v) is 11.2. The molecule has 7 rings (SSSR count). The zero-order valence-electron chi connectivity index (χ0n) is 17.0. The molecule has 150 valence electrons. The summed E-state index contributed by atoms with van der Waals surface area (Å²) in [5, 5.41) is 5.17. The Morgan fingerprint density at radius 3 is 2.41 bits per heavy atom. The lowest BCUT2D eigenvalue weighted by atomic mass is 9.49. The summed E-state index contributed by atoms with van der Waals surface area (Å²) >= 11 is 0. The van der Waals surface area contributed by atoms with Gasteiger partial charge in [0.25, 0.3) is 5.91 Å². The molecule has 1 aliphatic heterocycles. The molecule has 0 saturated heterocycles. The van der Waals surface area contributed by atoms with E-state index >= 15 is 0 Å². The van der Waals surface area contributed by atoms with E-state index in [1.54, 1.807) is 0 Å². The van der Waals surface area contributed by atoms with Crippen molar-refractivity contribution in [2.75, 3.05) is 16.8 Å². The van der Waals surface area contributed by atoms with Crippen molar-refractivity contribution < 1.29 is 9.59 Å². The summed E-state index contributed by atoms with van der Waals surface area (Å²) in [6.45, 7) is 2.65. The van der Waals surface area contributed by atoms with Crippen molar-refractivity contribution in [1.29, 1.82) is 0 Å². The van der Waals surface area contributed by atoms with E-state index in [9.17, 15) is 9.59 Å². The zero-order valence-corrected chi connectivity index (χ0v) is 17.0. The van der Waals surface area contributed by atoms with Crippen LogP contribution in [0, 0.1) is 23.2 Å². The number of benzene rings is 2.